The summed E-state index contributed by atoms with van der Waals surface area (Å²) in [6, 6.07) is 19.4. The Bertz CT molecular complexity index is 1350. The largest absolute Gasteiger partial charge is 0.507 e. The number of carbonyl (C=O) groups is 2. The summed E-state index contributed by atoms with van der Waals surface area (Å²) in [5.74, 6) is 0.217. The fraction of sp³-hybridized carbons (Fsp3) is 0.312. The summed E-state index contributed by atoms with van der Waals surface area (Å²) in [4.78, 5) is 28.5. The van der Waals surface area contributed by atoms with Gasteiger partial charge in [-0.25, -0.2) is 0 Å². The van der Waals surface area contributed by atoms with Gasteiger partial charge in [-0.15, -0.1) is 0 Å². The molecule has 198 valence electrons. The van der Waals surface area contributed by atoms with Gasteiger partial charge < -0.3 is 14.6 Å². The van der Waals surface area contributed by atoms with E-state index < -0.39 is 17.7 Å². The average Bonchev–Trinajstić information content (AvgIpc) is 3.18. The van der Waals surface area contributed by atoms with Crippen LogP contribution in [-0.4, -0.2) is 30.5 Å². The van der Waals surface area contributed by atoms with Crippen LogP contribution in [0.2, 0.25) is 0 Å². The second-order valence-electron chi connectivity index (χ2n) is 10.0. The Kier molecular flexibility index (Phi) is 7.91. The van der Waals surface area contributed by atoms with Crippen molar-refractivity contribution >= 4 is 23.1 Å². The van der Waals surface area contributed by atoms with Gasteiger partial charge in [-0.1, -0.05) is 52.0 Å². The number of ether oxygens (including phenoxy) is 2. The molecule has 6 nitrogen and oxygen atoms in total. The molecule has 4 rings (SSSR count). The summed E-state index contributed by atoms with van der Waals surface area (Å²) in [5.41, 5.74) is 3.81. The number of ketones is 1. The number of anilines is 1. The molecular weight excluding hydrogens is 478 g/mol. The molecule has 0 bridgehead atoms. The van der Waals surface area contributed by atoms with Gasteiger partial charge in [0.2, 0.25) is 0 Å². The molecule has 38 heavy (non-hydrogen) atoms. The third-order valence-electron chi connectivity index (χ3n) is 6.91. The normalized spacial score (nSPS) is 16.9. The topological polar surface area (TPSA) is 76.1 Å². The number of aliphatic hydroxyl groups is 1. The van der Waals surface area contributed by atoms with Gasteiger partial charge in [-0.3, -0.25) is 14.5 Å². The molecule has 1 aliphatic heterocycles. The van der Waals surface area contributed by atoms with Crippen LogP contribution in [0.4, 0.5) is 5.69 Å². The van der Waals surface area contributed by atoms with Crippen molar-refractivity contribution < 1.29 is 24.2 Å². The van der Waals surface area contributed by atoms with Crippen molar-refractivity contribution in [2.45, 2.75) is 52.5 Å². The van der Waals surface area contributed by atoms with Gasteiger partial charge in [-0.05, 0) is 77.9 Å². The summed E-state index contributed by atoms with van der Waals surface area (Å²) in [6.45, 7) is 10.7. The highest BCUT2D eigenvalue weighted by atomic mass is 16.5. The van der Waals surface area contributed by atoms with E-state index in [4.69, 9.17) is 9.47 Å². The Labute approximate surface area is 224 Å². The number of hydrogen-bond donors (Lipinski definition) is 1. The number of aliphatic hydroxyl groups excluding tert-OH is 1. The molecule has 3 aromatic carbocycles. The third-order valence-corrected chi connectivity index (χ3v) is 6.91. The van der Waals surface area contributed by atoms with E-state index in [0.29, 0.717) is 40.8 Å². The lowest BCUT2D eigenvalue weighted by Crippen LogP contribution is -2.29. The number of Topliss-reactive ketones (excluding diaryl/α,β-unsaturated/α-hetero) is 1. The summed E-state index contributed by atoms with van der Waals surface area (Å²) in [6.07, 6.45) is 0. The lowest BCUT2D eigenvalue weighted by Gasteiger charge is -2.26. The summed E-state index contributed by atoms with van der Waals surface area (Å²) in [5, 5.41) is 11.5. The van der Waals surface area contributed by atoms with Crippen molar-refractivity contribution in [3.8, 4) is 11.5 Å². The Balaban J connectivity index is 1.90. The number of hydrogen-bond acceptors (Lipinski definition) is 5. The zero-order valence-corrected chi connectivity index (χ0v) is 22.8. The molecule has 0 aromatic heterocycles. The van der Waals surface area contributed by atoms with Crippen molar-refractivity contribution in [2.24, 2.45) is 0 Å². The molecule has 1 aliphatic rings. The molecule has 3 aromatic rings. The maximum absolute atomic E-state index is 13.5. The maximum atomic E-state index is 13.5. The fourth-order valence-corrected chi connectivity index (χ4v) is 4.84. The standard InChI is InChI=1S/C32H35NO5/c1-7-38-25-15-10-22(11-16-25)29-28(30(34)23-12-17-27(37-6)26(18-23)20(4)5)31(35)32(36)33(29)24-13-8-21(9-14-24)19(2)3/h8-20,29,34H,7H2,1-6H3/b30-28-. The van der Waals surface area contributed by atoms with Crippen LogP contribution in [0.5, 0.6) is 11.5 Å². The number of rotatable bonds is 8. The molecule has 6 heteroatoms. The van der Waals surface area contributed by atoms with Crippen LogP contribution in [0, 0.1) is 0 Å². The van der Waals surface area contributed by atoms with Gasteiger partial charge in [0.15, 0.2) is 0 Å². The molecule has 0 saturated carbocycles. The molecule has 1 unspecified atom stereocenters. The van der Waals surface area contributed by atoms with Crippen LogP contribution >= 0.6 is 0 Å². The van der Waals surface area contributed by atoms with Crippen molar-refractivity contribution in [3.05, 3.63) is 94.6 Å². The molecule has 1 fully saturated rings. The first-order valence-corrected chi connectivity index (χ1v) is 13.0. The van der Waals surface area contributed by atoms with Crippen LogP contribution in [0.15, 0.2) is 72.3 Å². The SMILES string of the molecule is CCOc1ccc(C2/C(=C(/O)c3ccc(OC)c(C(C)C)c3)C(=O)C(=O)N2c2ccc(C(C)C)cc2)cc1. The Hall–Kier alpha value is -4.06. The van der Waals surface area contributed by atoms with E-state index in [1.807, 2.05) is 75.4 Å². The molecule has 0 spiro atoms. The molecule has 1 amide bonds. The van der Waals surface area contributed by atoms with E-state index in [9.17, 15) is 14.7 Å². The molecular formula is C32H35NO5. The van der Waals surface area contributed by atoms with Gasteiger partial charge in [-0.2, -0.15) is 0 Å². The van der Waals surface area contributed by atoms with Crippen LogP contribution in [-0.2, 0) is 9.59 Å². The van der Waals surface area contributed by atoms with Gasteiger partial charge in [0, 0.05) is 11.3 Å². The smallest absolute Gasteiger partial charge is 0.300 e. The number of benzene rings is 3. The molecule has 1 saturated heterocycles. The molecule has 1 N–H and O–H groups in total. The lowest BCUT2D eigenvalue weighted by atomic mass is 9.93. The van der Waals surface area contributed by atoms with Gasteiger partial charge in [0.1, 0.15) is 17.3 Å². The summed E-state index contributed by atoms with van der Waals surface area (Å²) in [7, 11) is 1.60. The molecule has 0 radical (unpaired) electrons. The summed E-state index contributed by atoms with van der Waals surface area (Å²) < 4.78 is 11.1. The minimum atomic E-state index is -0.805. The minimum Gasteiger partial charge on any atom is -0.507 e. The number of carbonyl (C=O) groups excluding carboxylic acids is 2. The quantitative estimate of drug-likeness (QED) is 0.200. The summed E-state index contributed by atoms with van der Waals surface area (Å²) >= 11 is 0. The monoisotopic (exact) mass is 513 g/mol. The Morgan fingerprint density at radius 2 is 1.58 bits per heavy atom. The maximum Gasteiger partial charge on any atom is 0.300 e. The highest BCUT2D eigenvalue weighted by Gasteiger charge is 2.47. The lowest BCUT2D eigenvalue weighted by molar-refractivity contribution is -0.132. The Morgan fingerprint density at radius 3 is 2.13 bits per heavy atom. The van der Waals surface area contributed by atoms with Crippen molar-refractivity contribution in [1.82, 2.24) is 0 Å². The fourth-order valence-electron chi connectivity index (χ4n) is 4.84. The van der Waals surface area contributed by atoms with Gasteiger partial charge in [0.05, 0.1) is 25.3 Å². The van der Waals surface area contributed by atoms with Crippen LogP contribution < -0.4 is 14.4 Å². The first kappa shape index (κ1) is 27.0. The van der Waals surface area contributed by atoms with E-state index >= 15 is 0 Å². The van der Waals surface area contributed by atoms with Crippen LogP contribution in [0.1, 0.15) is 74.8 Å². The van der Waals surface area contributed by atoms with E-state index in [-0.39, 0.29) is 17.3 Å². The second kappa shape index (κ2) is 11.1. The Morgan fingerprint density at radius 1 is 0.921 bits per heavy atom. The number of amides is 1. The van der Waals surface area contributed by atoms with Crippen LogP contribution in [0.3, 0.4) is 0 Å². The number of methoxy groups -OCH3 is 1. The number of nitrogens with zero attached hydrogens (tertiary/aromatic N) is 1. The molecule has 1 atom stereocenters. The first-order valence-electron chi connectivity index (χ1n) is 13.0. The first-order chi connectivity index (χ1) is 18.2. The van der Waals surface area contributed by atoms with E-state index in [1.54, 1.807) is 19.2 Å². The van der Waals surface area contributed by atoms with Gasteiger partial charge >= 0.3 is 0 Å². The molecule has 1 heterocycles. The molecule has 0 aliphatic carbocycles. The predicted molar refractivity (Wildman–Crippen MR) is 150 cm³/mol. The van der Waals surface area contributed by atoms with Crippen molar-refractivity contribution in [1.29, 1.82) is 0 Å². The van der Waals surface area contributed by atoms with E-state index in [1.165, 1.54) is 4.90 Å². The van der Waals surface area contributed by atoms with E-state index in [0.717, 1.165) is 11.1 Å². The second-order valence-corrected chi connectivity index (χ2v) is 10.0. The highest BCUT2D eigenvalue weighted by Crippen LogP contribution is 2.43. The van der Waals surface area contributed by atoms with Gasteiger partial charge in [0.25, 0.3) is 11.7 Å². The van der Waals surface area contributed by atoms with Crippen LogP contribution in [0.25, 0.3) is 5.76 Å². The highest BCUT2D eigenvalue weighted by molar-refractivity contribution is 6.51. The zero-order chi connectivity index (χ0) is 27.6. The van der Waals surface area contributed by atoms with E-state index in [2.05, 4.69) is 13.8 Å². The zero-order valence-electron chi connectivity index (χ0n) is 22.8. The minimum absolute atomic E-state index is 0.0481. The average molecular weight is 514 g/mol. The van der Waals surface area contributed by atoms with Crippen molar-refractivity contribution in [3.63, 3.8) is 0 Å². The van der Waals surface area contributed by atoms with Crippen molar-refractivity contribution in [2.75, 3.05) is 18.6 Å². The predicted octanol–water partition coefficient (Wildman–Crippen LogP) is 6.97. The third kappa shape index (κ3) is 5.03.